The third kappa shape index (κ3) is 5.89. The number of nitrogens with one attached hydrogen (secondary N) is 3. The van der Waals surface area contributed by atoms with Crippen molar-refractivity contribution in [3.8, 4) is 22.4 Å². The molecular formula is C23H25N7O3S2. The molecule has 4 aromatic rings. The molecule has 0 aliphatic rings. The van der Waals surface area contributed by atoms with Crippen molar-refractivity contribution >= 4 is 48.7 Å². The summed E-state index contributed by atoms with van der Waals surface area (Å²) in [6.45, 7) is 6.10. The van der Waals surface area contributed by atoms with Crippen LogP contribution in [0.15, 0.2) is 42.9 Å². The van der Waals surface area contributed by atoms with Crippen LogP contribution < -0.4 is 15.4 Å². The molecule has 10 nitrogen and oxygen atoms in total. The van der Waals surface area contributed by atoms with Crippen LogP contribution in [0.1, 0.15) is 25.8 Å². The molecule has 0 aliphatic heterocycles. The summed E-state index contributed by atoms with van der Waals surface area (Å²) in [5.74, 6) is 0.0174. The summed E-state index contributed by atoms with van der Waals surface area (Å²) >= 11 is 1.36. The summed E-state index contributed by atoms with van der Waals surface area (Å²) in [4.78, 5) is 29.5. The Morgan fingerprint density at radius 3 is 2.46 bits per heavy atom. The van der Waals surface area contributed by atoms with E-state index < -0.39 is 10.0 Å². The molecule has 3 heterocycles. The van der Waals surface area contributed by atoms with E-state index in [2.05, 4.69) is 35.3 Å². The number of benzene rings is 1. The molecular weight excluding hydrogens is 486 g/mol. The Balaban J connectivity index is 1.75. The molecule has 3 N–H and O–H groups in total. The zero-order valence-electron chi connectivity index (χ0n) is 19.5. The van der Waals surface area contributed by atoms with Gasteiger partial charge in [0.15, 0.2) is 5.13 Å². The van der Waals surface area contributed by atoms with E-state index in [4.69, 9.17) is 0 Å². The third-order valence-electron chi connectivity index (χ3n) is 4.94. The second kappa shape index (κ2) is 10.3. The molecule has 3 aromatic heterocycles. The molecule has 0 saturated heterocycles. The predicted molar refractivity (Wildman–Crippen MR) is 139 cm³/mol. The highest BCUT2D eigenvalue weighted by Gasteiger charge is 2.16. The van der Waals surface area contributed by atoms with Crippen molar-refractivity contribution in [3.63, 3.8) is 0 Å². The Hall–Kier alpha value is -3.64. The van der Waals surface area contributed by atoms with Gasteiger partial charge in [0.2, 0.25) is 16.0 Å². The van der Waals surface area contributed by atoms with Gasteiger partial charge in [-0.1, -0.05) is 24.3 Å². The van der Waals surface area contributed by atoms with Gasteiger partial charge in [0.05, 0.1) is 21.7 Å². The second-order valence-electron chi connectivity index (χ2n) is 7.81. The normalized spacial score (nSPS) is 11.4. The van der Waals surface area contributed by atoms with Crippen LogP contribution in [-0.2, 0) is 10.0 Å². The monoisotopic (exact) mass is 511 g/mol. The number of aryl methyl sites for hydroxylation is 1. The van der Waals surface area contributed by atoms with Crippen molar-refractivity contribution in [2.75, 3.05) is 22.3 Å². The Labute approximate surface area is 207 Å². The fraction of sp³-hybridized carbons (Fsp3) is 0.261. The number of sulfonamides is 1. The summed E-state index contributed by atoms with van der Waals surface area (Å²) in [6.07, 6.45) is 5.41. The lowest BCUT2D eigenvalue weighted by atomic mass is 10.0. The summed E-state index contributed by atoms with van der Waals surface area (Å²) in [5, 5.41) is 5.93. The van der Waals surface area contributed by atoms with Gasteiger partial charge in [-0.15, -0.1) is 0 Å². The average Bonchev–Trinajstić information content (AvgIpc) is 3.21. The lowest BCUT2D eigenvalue weighted by Gasteiger charge is -2.08. The van der Waals surface area contributed by atoms with Crippen LogP contribution in [0.4, 0.5) is 15.9 Å². The van der Waals surface area contributed by atoms with Gasteiger partial charge >= 0.3 is 6.03 Å². The maximum atomic E-state index is 12.0. The average molecular weight is 512 g/mol. The Morgan fingerprint density at radius 2 is 1.80 bits per heavy atom. The van der Waals surface area contributed by atoms with Crippen LogP contribution in [0.25, 0.3) is 32.6 Å². The van der Waals surface area contributed by atoms with Gasteiger partial charge in [0, 0.05) is 36.3 Å². The number of thiazole rings is 1. The number of urea groups is 1. The van der Waals surface area contributed by atoms with Crippen LogP contribution in [0.2, 0.25) is 0 Å². The van der Waals surface area contributed by atoms with Gasteiger partial charge in [0.1, 0.15) is 0 Å². The van der Waals surface area contributed by atoms with Crippen LogP contribution >= 0.6 is 11.3 Å². The first-order valence-electron chi connectivity index (χ1n) is 11.0. The highest BCUT2D eigenvalue weighted by molar-refractivity contribution is 7.92. The van der Waals surface area contributed by atoms with Gasteiger partial charge < -0.3 is 5.32 Å². The van der Waals surface area contributed by atoms with E-state index in [1.165, 1.54) is 11.3 Å². The smallest absolute Gasteiger partial charge is 0.321 e. The number of aromatic nitrogens is 4. The van der Waals surface area contributed by atoms with E-state index in [0.29, 0.717) is 29.2 Å². The Bertz CT molecular complexity index is 1450. The van der Waals surface area contributed by atoms with E-state index in [1.54, 1.807) is 25.5 Å². The van der Waals surface area contributed by atoms with E-state index in [0.717, 1.165) is 27.1 Å². The summed E-state index contributed by atoms with van der Waals surface area (Å²) in [5.41, 5.74) is 4.81. The second-order valence-corrected chi connectivity index (χ2v) is 10.7. The topological polar surface area (TPSA) is 139 Å². The molecule has 12 heteroatoms. The van der Waals surface area contributed by atoms with E-state index in [9.17, 15) is 13.2 Å². The number of carbonyl (C=O) groups is 1. The van der Waals surface area contributed by atoms with Crippen molar-refractivity contribution in [1.82, 2.24) is 25.3 Å². The molecule has 2 amide bonds. The van der Waals surface area contributed by atoms with E-state index in [1.807, 2.05) is 38.1 Å². The number of nitrogens with zero attached hydrogens (tertiary/aromatic N) is 4. The molecule has 0 spiro atoms. The molecule has 0 radical (unpaired) electrons. The third-order valence-corrected chi connectivity index (χ3v) is 7.40. The molecule has 0 atom stereocenters. The van der Waals surface area contributed by atoms with E-state index in [-0.39, 0.29) is 17.7 Å². The van der Waals surface area contributed by atoms with E-state index >= 15 is 0 Å². The molecule has 0 unspecified atom stereocenters. The molecule has 0 aliphatic carbocycles. The van der Waals surface area contributed by atoms with Crippen LogP contribution in [0.5, 0.6) is 0 Å². The molecule has 182 valence electrons. The maximum absolute atomic E-state index is 12.0. The number of rotatable bonds is 8. The van der Waals surface area contributed by atoms with Gasteiger partial charge in [0.25, 0.3) is 0 Å². The van der Waals surface area contributed by atoms with Gasteiger partial charge in [-0.05, 0) is 49.6 Å². The molecule has 0 bridgehead atoms. The van der Waals surface area contributed by atoms with Gasteiger partial charge in [-0.2, -0.15) is 0 Å². The first kappa shape index (κ1) is 24.5. The van der Waals surface area contributed by atoms with Crippen molar-refractivity contribution < 1.29 is 13.2 Å². The lowest BCUT2D eigenvalue weighted by Crippen LogP contribution is -2.28. The van der Waals surface area contributed by atoms with Crippen molar-refractivity contribution in [3.05, 3.63) is 48.4 Å². The maximum Gasteiger partial charge on any atom is 0.321 e. The molecule has 4 rings (SSSR count). The molecule has 1 aromatic carbocycles. The van der Waals surface area contributed by atoms with Gasteiger partial charge in [-0.25, -0.2) is 28.2 Å². The summed E-state index contributed by atoms with van der Waals surface area (Å²) in [6, 6.07) is 7.44. The van der Waals surface area contributed by atoms with Crippen molar-refractivity contribution in [1.29, 1.82) is 0 Å². The fourth-order valence-electron chi connectivity index (χ4n) is 3.36. The predicted octanol–water partition coefficient (Wildman–Crippen LogP) is 4.42. The molecule has 0 fully saturated rings. The summed E-state index contributed by atoms with van der Waals surface area (Å²) in [7, 11) is -3.48. The lowest BCUT2D eigenvalue weighted by molar-refractivity contribution is 0.252. The first-order chi connectivity index (χ1) is 16.8. The number of hydrogen-bond acceptors (Lipinski definition) is 8. The SMILES string of the molecule is CCCS(=O)(=O)Nc1ncc(-c2cc(-c3ccc(C)cn3)c3sc(NC(=O)NCC)nc3c2)cn1. The fourth-order valence-corrected chi connectivity index (χ4v) is 5.35. The minimum absolute atomic E-state index is 0.00182. The number of hydrogen-bond donors (Lipinski definition) is 3. The Kier molecular flexibility index (Phi) is 7.22. The minimum Gasteiger partial charge on any atom is -0.338 e. The number of fused-ring (bicyclic) bond motifs is 1. The van der Waals surface area contributed by atoms with Crippen LogP contribution in [0, 0.1) is 6.92 Å². The van der Waals surface area contributed by atoms with Crippen LogP contribution in [-0.4, -0.2) is 46.7 Å². The van der Waals surface area contributed by atoms with Crippen LogP contribution in [0.3, 0.4) is 0 Å². The highest BCUT2D eigenvalue weighted by atomic mass is 32.2. The van der Waals surface area contributed by atoms with Crippen molar-refractivity contribution in [2.24, 2.45) is 0 Å². The summed E-state index contributed by atoms with van der Waals surface area (Å²) < 4.78 is 27.3. The Morgan fingerprint density at radius 1 is 1.03 bits per heavy atom. The molecule has 35 heavy (non-hydrogen) atoms. The zero-order valence-corrected chi connectivity index (χ0v) is 21.1. The number of carbonyl (C=O) groups excluding carboxylic acids is 1. The zero-order chi connectivity index (χ0) is 25.0. The standard InChI is InChI=1S/C23H25N7O3S2/c1-4-8-35(32,33)30-21-26-12-16(13-27-21)15-9-17(18-7-6-14(3)11-25-18)20-19(10-15)28-23(34-20)29-22(31)24-5-2/h6-7,9-13H,4-5,8H2,1-3H3,(H,26,27,30)(H2,24,28,29,31). The van der Waals surface area contributed by atoms with Crippen molar-refractivity contribution in [2.45, 2.75) is 27.2 Å². The number of pyridine rings is 1. The quantitative estimate of drug-likeness (QED) is 0.318. The highest BCUT2D eigenvalue weighted by Crippen LogP contribution is 2.38. The number of anilines is 2. The largest absolute Gasteiger partial charge is 0.338 e. The van der Waals surface area contributed by atoms with Gasteiger partial charge in [-0.3, -0.25) is 15.0 Å². The molecule has 0 saturated carbocycles. The minimum atomic E-state index is -3.48. The number of amides is 2. The first-order valence-corrected chi connectivity index (χ1v) is 13.5.